The number of carbonyl (C=O) groups is 1. The predicted molar refractivity (Wildman–Crippen MR) is 115 cm³/mol. The Hall–Kier alpha value is -3.15. The predicted octanol–water partition coefficient (Wildman–Crippen LogP) is 4.75. The number of rotatable bonds is 4. The summed E-state index contributed by atoms with van der Waals surface area (Å²) < 4.78 is 12.0. The molecule has 0 aliphatic carbocycles. The minimum absolute atomic E-state index is 0.113. The van der Waals surface area contributed by atoms with Gasteiger partial charge in [0.15, 0.2) is 5.76 Å². The van der Waals surface area contributed by atoms with Crippen LogP contribution in [-0.4, -0.2) is 28.9 Å². The van der Waals surface area contributed by atoms with E-state index in [-0.39, 0.29) is 5.78 Å². The summed E-state index contributed by atoms with van der Waals surface area (Å²) in [4.78, 5) is 19.0. The summed E-state index contributed by atoms with van der Waals surface area (Å²) >= 11 is 6.28. The zero-order chi connectivity index (χ0) is 20.5. The van der Waals surface area contributed by atoms with Crippen LogP contribution in [0.25, 0.3) is 6.08 Å². The molecule has 2 aromatic carbocycles. The number of fused-ring (bicyclic) bond motifs is 3. The summed E-state index contributed by atoms with van der Waals surface area (Å²) in [6.07, 6.45) is 5.94. The van der Waals surface area contributed by atoms with E-state index in [9.17, 15) is 4.79 Å². The monoisotopic (exact) mass is 418 g/mol. The highest BCUT2D eigenvalue weighted by molar-refractivity contribution is 6.31. The van der Waals surface area contributed by atoms with Crippen molar-refractivity contribution in [1.82, 2.24) is 9.88 Å². The number of Topliss-reactive ketones (excluding diaryl/α,β-unsaturated/α-hetero) is 1. The molecule has 0 amide bonds. The highest BCUT2D eigenvalue weighted by Gasteiger charge is 2.33. The van der Waals surface area contributed by atoms with Crippen molar-refractivity contribution in [2.45, 2.75) is 13.0 Å². The van der Waals surface area contributed by atoms with Crippen molar-refractivity contribution in [1.29, 1.82) is 0 Å². The van der Waals surface area contributed by atoms with Gasteiger partial charge in [-0.3, -0.25) is 14.7 Å². The summed E-state index contributed by atoms with van der Waals surface area (Å²) in [5, 5.41) is 0.775. The van der Waals surface area contributed by atoms with Crippen molar-refractivity contribution >= 4 is 23.5 Å². The molecule has 0 fully saturated rings. The summed E-state index contributed by atoms with van der Waals surface area (Å²) in [5.74, 6) is 1.57. The molecule has 0 spiro atoms. The fraction of sp³-hybridized carbons (Fsp3) is 0.167. The lowest BCUT2D eigenvalue weighted by Crippen LogP contribution is -2.33. The van der Waals surface area contributed by atoms with E-state index in [0.717, 1.165) is 40.4 Å². The van der Waals surface area contributed by atoms with Crippen LogP contribution in [0.2, 0.25) is 5.02 Å². The number of aromatic nitrogens is 1. The first-order valence-corrected chi connectivity index (χ1v) is 10.2. The van der Waals surface area contributed by atoms with E-state index >= 15 is 0 Å². The molecule has 30 heavy (non-hydrogen) atoms. The van der Waals surface area contributed by atoms with Gasteiger partial charge in [0.1, 0.15) is 18.2 Å². The number of benzene rings is 2. The Morgan fingerprint density at radius 1 is 1.10 bits per heavy atom. The number of hydrogen-bond acceptors (Lipinski definition) is 5. The maximum absolute atomic E-state index is 12.8. The Kier molecular flexibility index (Phi) is 4.99. The fourth-order valence-corrected chi connectivity index (χ4v) is 3.97. The molecular formula is C24H19ClN2O3. The molecular weight excluding hydrogens is 400 g/mol. The van der Waals surface area contributed by atoms with E-state index in [1.807, 2.05) is 42.5 Å². The number of ether oxygens (including phenoxy) is 2. The number of pyridine rings is 1. The third-order valence-electron chi connectivity index (χ3n) is 5.34. The van der Waals surface area contributed by atoms with Gasteiger partial charge in [0.25, 0.3) is 0 Å². The summed E-state index contributed by atoms with van der Waals surface area (Å²) in [5.41, 5.74) is 3.46. The van der Waals surface area contributed by atoms with Crippen LogP contribution in [0.3, 0.4) is 0 Å². The van der Waals surface area contributed by atoms with Crippen molar-refractivity contribution in [3.8, 4) is 11.5 Å². The Bertz CT molecular complexity index is 1140. The first kappa shape index (κ1) is 18.9. The Morgan fingerprint density at radius 2 is 1.93 bits per heavy atom. The number of halogens is 1. The van der Waals surface area contributed by atoms with Crippen LogP contribution in [0.1, 0.15) is 27.0 Å². The molecule has 3 aromatic rings. The van der Waals surface area contributed by atoms with E-state index in [4.69, 9.17) is 21.1 Å². The Labute approximate surface area is 179 Å². The highest BCUT2D eigenvalue weighted by atomic mass is 35.5. The topological polar surface area (TPSA) is 51.7 Å². The van der Waals surface area contributed by atoms with Gasteiger partial charge >= 0.3 is 0 Å². The fourth-order valence-electron chi connectivity index (χ4n) is 3.74. The second-order valence-corrected chi connectivity index (χ2v) is 7.71. The zero-order valence-electron chi connectivity index (χ0n) is 16.2. The number of carbonyl (C=O) groups excluding carboxylic acids is 1. The lowest BCUT2D eigenvalue weighted by atomic mass is 10.0. The molecule has 1 aromatic heterocycles. The number of hydrogen-bond donors (Lipinski definition) is 0. The second kappa shape index (κ2) is 7.94. The van der Waals surface area contributed by atoms with Crippen molar-refractivity contribution in [2.24, 2.45) is 0 Å². The van der Waals surface area contributed by atoms with Gasteiger partial charge in [0.2, 0.25) is 5.78 Å². The Morgan fingerprint density at radius 3 is 2.77 bits per heavy atom. The minimum Gasteiger partial charge on any atom is -0.478 e. The number of ketones is 1. The van der Waals surface area contributed by atoms with Gasteiger partial charge < -0.3 is 9.47 Å². The van der Waals surface area contributed by atoms with E-state index < -0.39 is 0 Å². The van der Waals surface area contributed by atoms with E-state index in [2.05, 4.69) is 9.88 Å². The third kappa shape index (κ3) is 3.58. The van der Waals surface area contributed by atoms with E-state index in [0.29, 0.717) is 30.3 Å². The molecule has 0 radical (unpaired) electrons. The van der Waals surface area contributed by atoms with Crippen LogP contribution < -0.4 is 9.47 Å². The van der Waals surface area contributed by atoms with Crippen molar-refractivity contribution in [2.75, 3.05) is 13.3 Å². The van der Waals surface area contributed by atoms with Crippen molar-refractivity contribution in [3.05, 3.63) is 94.0 Å². The van der Waals surface area contributed by atoms with Gasteiger partial charge in [-0.2, -0.15) is 0 Å². The summed E-state index contributed by atoms with van der Waals surface area (Å²) in [6.45, 7) is 1.93. The molecule has 0 atom stereocenters. The molecule has 0 unspecified atom stereocenters. The molecule has 150 valence electrons. The van der Waals surface area contributed by atoms with Gasteiger partial charge in [-0.15, -0.1) is 0 Å². The number of nitrogens with zero attached hydrogens (tertiary/aromatic N) is 2. The lowest BCUT2D eigenvalue weighted by molar-refractivity contribution is 0.0950. The normalized spacial score (nSPS) is 16.7. The van der Waals surface area contributed by atoms with E-state index in [1.165, 1.54) is 0 Å². The molecule has 2 aliphatic heterocycles. The quantitative estimate of drug-likeness (QED) is 0.572. The molecule has 5 rings (SSSR count). The average molecular weight is 419 g/mol. The van der Waals surface area contributed by atoms with Crippen LogP contribution in [0.15, 0.2) is 66.7 Å². The average Bonchev–Trinajstić information content (AvgIpc) is 3.09. The molecule has 2 aliphatic rings. The SMILES string of the molecule is O=C1/C(=C/c2ccncc2)Oc2c1ccc1c2CN(CCc2ccccc2Cl)CO1. The lowest BCUT2D eigenvalue weighted by Gasteiger charge is -2.29. The number of allylic oxidation sites excluding steroid dienone is 1. The molecule has 0 saturated carbocycles. The van der Waals surface area contributed by atoms with Gasteiger partial charge in [-0.25, -0.2) is 0 Å². The molecule has 6 heteroatoms. The largest absolute Gasteiger partial charge is 0.478 e. The van der Waals surface area contributed by atoms with Crippen LogP contribution in [0.4, 0.5) is 0 Å². The minimum atomic E-state index is -0.113. The molecule has 0 bridgehead atoms. The van der Waals surface area contributed by atoms with Crippen LogP contribution in [0.5, 0.6) is 11.5 Å². The van der Waals surface area contributed by atoms with Crippen LogP contribution in [-0.2, 0) is 13.0 Å². The van der Waals surface area contributed by atoms with Crippen LogP contribution >= 0.6 is 11.6 Å². The second-order valence-electron chi connectivity index (χ2n) is 7.31. The van der Waals surface area contributed by atoms with E-state index in [1.54, 1.807) is 24.5 Å². The molecule has 5 nitrogen and oxygen atoms in total. The smallest absolute Gasteiger partial charge is 0.231 e. The standard InChI is InChI=1S/C24H19ClN2O3/c25-20-4-2-1-3-17(20)9-12-27-14-19-21(29-15-27)6-5-18-23(28)22(30-24(18)19)13-16-7-10-26-11-8-16/h1-8,10-11,13H,9,12,14-15H2/b22-13-. The maximum Gasteiger partial charge on any atom is 0.231 e. The van der Waals surface area contributed by atoms with Gasteiger partial charge in [0, 0.05) is 30.5 Å². The first-order valence-electron chi connectivity index (χ1n) is 9.78. The van der Waals surface area contributed by atoms with Gasteiger partial charge in [-0.05, 0) is 54.0 Å². The van der Waals surface area contributed by atoms with Gasteiger partial charge in [0.05, 0.1) is 11.1 Å². The summed E-state index contributed by atoms with van der Waals surface area (Å²) in [6, 6.07) is 15.2. The third-order valence-corrected chi connectivity index (χ3v) is 5.71. The molecule has 0 saturated heterocycles. The molecule has 3 heterocycles. The zero-order valence-corrected chi connectivity index (χ0v) is 16.9. The van der Waals surface area contributed by atoms with Crippen LogP contribution in [0, 0.1) is 0 Å². The Balaban J connectivity index is 1.37. The van der Waals surface area contributed by atoms with Gasteiger partial charge in [-0.1, -0.05) is 29.8 Å². The van der Waals surface area contributed by atoms with Crippen molar-refractivity contribution < 1.29 is 14.3 Å². The maximum atomic E-state index is 12.8. The molecule has 0 N–H and O–H groups in total. The highest BCUT2D eigenvalue weighted by Crippen LogP contribution is 2.42. The van der Waals surface area contributed by atoms with Crippen molar-refractivity contribution in [3.63, 3.8) is 0 Å². The first-order chi connectivity index (χ1) is 14.7. The summed E-state index contributed by atoms with van der Waals surface area (Å²) in [7, 11) is 0.